The van der Waals surface area contributed by atoms with Crippen LogP contribution in [-0.4, -0.2) is 16.0 Å². The minimum Gasteiger partial charge on any atom is -0.480 e. The van der Waals surface area contributed by atoms with Crippen LogP contribution in [0.3, 0.4) is 0 Å². The summed E-state index contributed by atoms with van der Waals surface area (Å²) in [7, 11) is 0. The molecule has 1 rings (SSSR count). The van der Waals surface area contributed by atoms with Crippen LogP contribution in [0.4, 0.5) is 5.69 Å². The van der Waals surface area contributed by atoms with E-state index in [0.29, 0.717) is 0 Å². The third kappa shape index (κ3) is 2.81. The van der Waals surface area contributed by atoms with Crippen molar-refractivity contribution in [3.8, 4) is 0 Å². The second-order valence-electron chi connectivity index (χ2n) is 2.70. The van der Waals surface area contributed by atoms with E-state index in [0.717, 1.165) is 12.1 Å². The number of nitro benzene ring substituents is 1. The molecule has 80 valence electrons. The number of alkyl halides is 1. The summed E-state index contributed by atoms with van der Waals surface area (Å²) >= 11 is 11.1. The lowest BCUT2D eigenvalue weighted by molar-refractivity contribution is -0.384. The second-order valence-corrected chi connectivity index (χ2v) is 3.57. The Morgan fingerprint density at radius 2 is 2.07 bits per heavy atom. The minimum absolute atomic E-state index is 0.0751. The summed E-state index contributed by atoms with van der Waals surface area (Å²) in [6.45, 7) is 0. The lowest BCUT2D eigenvalue weighted by atomic mass is 10.1. The first-order chi connectivity index (χ1) is 6.91. The van der Waals surface area contributed by atoms with E-state index in [1.54, 1.807) is 0 Å². The fourth-order valence-corrected chi connectivity index (χ4v) is 1.35. The monoisotopic (exact) mass is 249 g/mol. The Morgan fingerprint density at radius 3 is 2.53 bits per heavy atom. The van der Waals surface area contributed by atoms with Crippen LogP contribution in [0.25, 0.3) is 0 Å². The smallest absolute Gasteiger partial charge is 0.326 e. The molecule has 0 spiro atoms. The average Bonchev–Trinajstić information content (AvgIpc) is 2.15. The normalized spacial score (nSPS) is 12.1. The molecule has 0 aromatic heterocycles. The van der Waals surface area contributed by atoms with Gasteiger partial charge in [-0.1, -0.05) is 11.6 Å². The van der Waals surface area contributed by atoms with Crippen molar-refractivity contribution in [2.75, 3.05) is 0 Å². The number of hydrogen-bond donors (Lipinski definition) is 1. The van der Waals surface area contributed by atoms with Gasteiger partial charge in [-0.3, -0.25) is 14.9 Å². The van der Waals surface area contributed by atoms with E-state index < -0.39 is 16.3 Å². The van der Waals surface area contributed by atoms with Gasteiger partial charge < -0.3 is 5.11 Å². The summed E-state index contributed by atoms with van der Waals surface area (Å²) in [5.41, 5.74) is -0.201. The highest BCUT2D eigenvalue weighted by Gasteiger charge is 2.20. The number of rotatable bonds is 3. The zero-order valence-corrected chi connectivity index (χ0v) is 8.70. The molecule has 0 fully saturated rings. The molecule has 0 amide bonds. The number of carboxylic acid groups (broad SMARTS) is 1. The molecule has 1 N–H and O–H groups in total. The number of carbonyl (C=O) groups is 1. The molecule has 0 aliphatic rings. The van der Waals surface area contributed by atoms with Crippen molar-refractivity contribution in [3.05, 3.63) is 38.9 Å². The Hall–Kier alpha value is -1.33. The quantitative estimate of drug-likeness (QED) is 0.507. The first-order valence-corrected chi connectivity index (χ1v) is 4.55. The van der Waals surface area contributed by atoms with Crippen LogP contribution in [0.5, 0.6) is 0 Å². The van der Waals surface area contributed by atoms with Gasteiger partial charge in [0, 0.05) is 17.2 Å². The molecule has 1 atom stereocenters. The Morgan fingerprint density at radius 1 is 1.47 bits per heavy atom. The molecule has 5 nitrogen and oxygen atoms in total. The van der Waals surface area contributed by atoms with Crippen molar-refractivity contribution in [3.63, 3.8) is 0 Å². The van der Waals surface area contributed by atoms with Crippen molar-refractivity contribution in [2.24, 2.45) is 0 Å². The summed E-state index contributed by atoms with van der Waals surface area (Å²) in [6, 6.07) is 3.48. The lowest BCUT2D eigenvalue weighted by Gasteiger charge is -2.04. The van der Waals surface area contributed by atoms with Gasteiger partial charge >= 0.3 is 5.97 Å². The van der Waals surface area contributed by atoms with Crippen molar-refractivity contribution < 1.29 is 14.8 Å². The largest absolute Gasteiger partial charge is 0.480 e. The van der Waals surface area contributed by atoms with E-state index >= 15 is 0 Å². The molecule has 1 unspecified atom stereocenters. The van der Waals surface area contributed by atoms with E-state index in [9.17, 15) is 14.9 Å². The van der Waals surface area contributed by atoms with Crippen molar-refractivity contribution in [1.82, 2.24) is 0 Å². The zero-order valence-electron chi connectivity index (χ0n) is 7.18. The van der Waals surface area contributed by atoms with Crippen LogP contribution in [0, 0.1) is 10.1 Å². The number of hydrogen-bond acceptors (Lipinski definition) is 3. The summed E-state index contributed by atoms with van der Waals surface area (Å²) in [5.74, 6) is -1.28. The average molecular weight is 250 g/mol. The maximum atomic E-state index is 10.5. The maximum Gasteiger partial charge on any atom is 0.326 e. The number of non-ortho nitro benzene ring substituents is 1. The van der Waals surface area contributed by atoms with Gasteiger partial charge in [-0.25, -0.2) is 0 Å². The molecule has 0 radical (unpaired) electrons. The van der Waals surface area contributed by atoms with Crippen LogP contribution < -0.4 is 0 Å². The van der Waals surface area contributed by atoms with E-state index in [2.05, 4.69) is 0 Å². The summed E-state index contributed by atoms with van der Waals surface area (Å²) in [5, 5.41) is 17.8. The predicted molar refractivity (Wildman–Crippen MR) is 54.3 cm³/mol. The fraction of sp³-hybridized carbons (Fsp3) is 0.125. The Kier molecular flexibility index (Phi) is 3.49. The molecule has 15 heavy (non-hydrogen) atoms. The number of benzene rings is 1. The molecule has 0 saturated heterocycles. The van der Waals surface area contributed by atoms with E-state index in [4.69, 9.17) is 28.3 Å². The van der Waals surface area contributed by atoms with Gasteiger partial charge in [0.05, 0.1) is 4.92 Å². The standard InChI is InChI=1S/C8H5Cl2NO4/c9-5-1-4(7(10)8(12)13)2-6(3-5)11(14)15/h1-3,7H,(H,12,13). The summed E-state index contributed by atoms with van der Waals surface area (Å²) in [4.78, 5) is 20.3. The van der Waals surface area contributed by atoms with Crippen molar-refractivity contribution >= 4 is 34.9 Å². The van der Waals surface area contributed by atoms with Crippen LogP contribution in [-0.2, 0) is 4.79 Å². The molecule has 0 aliphatic carbocycles. The Bertz CT molecular complexity index is 421. The van der Waals surface area contributed by atoms with Gasteiger partial charge in [0.15, 0.2) is 5.38 Å². The molecule has 7 heteroatoms. The first kappa shape index (κ1) is 11.7. The Balaban J connectivity index is 3.20. The molecule has 1 aromatic carbocycles. The third-order valence-corrected chi connectivity index (χ3v) is 2.28. The number of carboxylic acids is 1. The van der Waals surface area contributed by atoms with Crippen LogP contribution in [0.15, 0.2) is 18.2 Å². The summed E-state index contributed by atoms with van der Waals surface area (Å²) < 4.78 is 0. The van der Waals surface area contributed by atoms with E-state index in [1.165, 1.54) is 6.07 Å². The molecule has 0 bridgehead atoms. The number of nitro groups is 1. The maximum absolute atomic E-state index is 10.5. The van der Waals surface area contributed by atoms with Gasteiger partial charge in [0.25, 0.3) is 5.69 Å². The molecule has 1 aromatic rings. The molecular formula is C8H5Cl2NO4. The van der Waals surface area contributed by atoms with E-state index in [1.807, 2.05) is 0 Å². The van der Waals surface area contributed by atoms with Crippen LogP contribution in [0.1, 0.15) is 10.9 Å². The molecule has 0 aliphatic heterocycles. The first-order valence-electron chi connectivity index (χ1n) is 3.73. The highest BCUT2D eigenvalue weighted by atomic mass is 35.5. The number of halogens is 2. The summed E-state index contributed by atoms with van der Waals surface area (Å²) in [6.07, 6.45) is 0. The highest BCUT2D eigenvalue weighted by molar-refractivity contribution is 6.32. The second kappa shape index (κ2) is 4.46. The molecule has 0 saturated carbocycles. The topological polar surface area (TPSA) is 80.4 Å². The predicted octanol–water partition coefficient (Wildman–Crippen LogP) is 2.61. The van der Waals surface area contributed by atoms with Crippen molar-refractivity contribution in [1.29, 1.82) is 0 Å². The number of nitrogens with zero attached hydrogens (tertiary/aromatic N) is 1. The van der Waals surface area contributed by atoms with Crippen LogP contribution in [0.2, 0.25) is 5.02 Å². The lowest BCUT2D eigenvalue weighted by Crippen LogP contribution is -2.05. The SMILES string of the molecule is O=C(O)C(Cl)c1cc(Cl)cc([N+](=O)[O-])c1. The van der Waals surface area contributed by atoms with Gasteiger partial charge in [-0.2, -0.15) is 0 Å². The van der Waals surface area contributed by atoms with Gasteiger partial charge in [0.2, 0.25) is 0 Å². The van der Waals surface area contributed by atoms with E-state index in [-0.39, 0.29) is 16.3 Å². The number of aliphatic carboxylic acids is 1. The van der Waals surface area contributed by atoms with Crippen LogP contribution >= 0.6 is 23.2 Å². The third-order valence-electron chi connectivity index (χ3n) is 1.63. The fourth-order valence-electron chi connectivity index (χ4n) is 0.991. The molecular weight excluding hydrogens is 245 g/mol. The zero-order chi connectivity index (χ0) is 11.6. The highest BCUT2D eigenvalue weighted by Crippen LogP contribution is 2.28. The molecule has 0 heterocycles. The van der Waals surface area contributed by atoms with Gasteiger partial charge in [-0.15, -0.1) is 11.6 Å². The van der Waals surface area contributed by atoms with Crippen molar-refractivity contribution in [2.45, 2.75) is 5.38 Å². The van der Waals surface area contributed by atoms with Gasteiger partial charge in [-0.05, 0) is 11.6 Å². The Labute approximate surface area is 94.4 Å². The minimum atomic E-state index is -1.35. The van der Waals surface area contributed by atoms with Gasteiger partial charge in [0.1, 0.15) is 0 Å².